The zero-order valence-corrected chi connectivity index (χ0v) is 36.7. The Morgan fingerprint density at radius 2 is 0.625 bits per heavy atom. The van der Waals surface area contributed by atoms with Crippen LogP contribution < -0.4 is 28.4 Å². The average Bonchev–Trinajstić information content (AvgIpc) is 3.32. The van der Waals surface area contributed by atoms with Gasteiger partial charge in [0.25, 0.3) is 0 Å². The van der Waals surface area contributed by atoms with Gasteiger partial charge in [0.05, 0.1) is 35.5 Å². The number of unbranched alkanes of at least 4 members (excludes halogenated alkanes) is 10. The Morgan fingerprint density at radius 3 is 1.06 bits per heavy atom. The topological polar surface area (TPSA) is 124 Å². The molecule has 332 valence electrons. The quantitative estimate of drug-likeness (QED) is 0.0330. The lowest BCUT2D eigenvalue weighted by molar-refractivity contribution is 0.0719. The van der Waals surface area contributed by atoms with E-state index in [9.17, 15) is 19.2 Å². The van der Waals surface area contributed by atoms with Crippen LogP contribution in [0, 0.1) is 0 Å². The van der Waals surface area contributed by atoms with Crippen molar-refractivity contribution in [2.75, 3.05) is 13.2 Å². The third-order valence-corrected chi connectivity index (χ3v) is 10.5. The molecule has 0 heterocycles. The third-order valence-electron chi connectivity index (χ3n) is 10.5. The van der Waals surface area contributed by atoms with Gasteiger partial charge >= 0.3 is 23.9 Å². The fraction of sp³-hybridized carbons (Fsp3) is 0.296. The van der Waals surface area contributed by atoms with Crippen molar-refractivity contribution in [3.8, 4) is 34.5 Å². The van der Waals surface area contributed by atoms with Gasteiger partial charge in [-0.1, -0.05) is 90.2 Å². The second kappa shape index (κ2) is 24.6. The van der Waals surface area contributed by atoms with Gasteiger partial charge in [-0.3, -0.25) is 0 Å². The largest absolute Gasteiger partial charge is 0.494 e. The molecule has 0 aliphatic rings. The van der Waals surface area contributed by atoms with Crippen molar-refractivity contribution in [3.63, 3.8) is 0 Å². The Morgan fingerprint density at radius 1 is 0.312 bits per heavy atom. The zero-order valence-electron chi connectivity index (χ0n) is 36.7. The summed E-state index contributed by atoms with van der Waals surface area (Å²) in [7, 11) is 0. The molecule has 0 N–H and O–H groups in total. The molecule has 6 aromatic rings. The summed E-state index contributed by atoms with van der Waals surface area (Å²) in [6.07, 6.45) is 14.2. The molecule has 0 radical (unpaired) electrons. The van der Waals surface area contributed by atoms with Crippen molar-refractivity contribution in [2.24, 2.45) is 0 Å². The molecular formula is C54H56O10. The number of hydrogen-bond acceptors (Lipinski definition) is 10. The Kier molecular flexibility index (Phi) is 17.9. The highest BCUT2D eigenvalue weighted by Gasteiger charge is 2.15. The second-order valence-corrected chi connectivity index (χ2v) is 15.6. The van der Waals surface area contributed by atoms with Crippen LogP contribution in [0.3, 0.4) is 0 Å². The van der Waals surface area contributed by atoms with Crippen molar-refractivity contribution in [3.05, 3.63) is 156 Å². The number of esters is 4. The van der Waals surface area contributed by atoms with Crippen LogP contribution in [-0.4, -0.2) is 37.1 Å². The molecule has 0 aliphatic carbocycles. The van der Waals surface area contributed by atoms with Gasteiger partial charge in [-0.2, -0.15) is 0 Å². The van der Waals surface area contributed by atoms with E-state index < -0.39 is 23.9 Å². The van der Waals surface area contributed by atoms with Gasteiger partial charge in [0.2, 0.25) is 0 Å². The summed E-state index contributed by atoms with van der Waals surface area (Å²) in [5.41, 5.74) is 1.29. The number of ether oxygens (including phenoxy) is 6. The summed E-state index contributed by atoms with van der Waals surface area (Å²) < 4.78 is 33.9. The van der Waals surface area contributed by atoms with Crippen molar-refractivity contribution in [1.82, 2.24) is 0 Å². The Bertz CT molecular complexity index is 2420. The van der Waals surface area contributed by atoms with E-state index in [-0.39, 0.29) is 28.4 Å². The average molecular weight is 865 g/mol. The normalized spacial score (nSPS) is 10.8. The van der Waals surface area contributed by atoms with Crippen molar-refractivity contribution in [1.29, 1.82) is 0 Å². The van der Waals surface area contributed by atoms with Gasteiger partial charge in [-0.15, -0.1) is 0 Å². The van der Waals surface area contributed by atoms with Gasteiger partial charge in [-0.25, -0.2) is 19.2 Å². The molecule has 0 bridgehead atoms. The molecule has 0 unspecified atom stereocenters. The first-order valence-corrected chi connectivity index (χ1v) is 22.4. The maximum absolute atomic E-state index is 13.1. The van der Waals surface area contributed by atoms with Crippen LogP contribution in [0.25, 0.3) is 10.8 Å². The Hall–Kier alpha value is -6.94. The SMILES string of the molecule is CCCCCCCCOc1ccc(C(=O)Oc2ccc(OC(=O)c3ccc4ccc(OC(=O)c5ccc(OC(=O)c6ccc(OCCCCCCCC)cc6)cc5)cc4c3)cc2)cc1. The molecule has 6 aromatic carbocycles. The number of carbonyl (C=O) groups is 4. The molecule has 0 atom stereocenters. The molecule has 64 heavy (non-hydrogen) atoms. The Labute approximate surface area is 375 Å². The predicted molar refractivity (Wildman–Crippen MR) is 247 cm³/mol. The van der Waals surface area contributed by atoms with Crippen LogP contribution in [0.4, 0.5) is 0 Å². The van der Waals surface area contributed by atoms with Crippen LogP contribution in [0.5, 0.6) is 34.5 Å². The minimum absolute atomic E-state index is 0.253. The number of carbonyl (C=O) groups excluding carboxylic acids is 4. The minimum Gasteiger partial charge on any atom is -0.494 e. The molecule has 0 spiro atoms. The molecule has 0 fully saturated rings. The van der Waals surface area contributed by atoms with E-state index >= 15 is 0 Å². The van der Waals surface area contributed by atoms with Crippen LogP contribution in [-0.2, 0) is 0 Å². The standard InChI is InChI=1S/C54H56O10/c1-3-5-7-9-11-13-35-59-45-24-18-40(19-25-45)51(55)61-47-28-22-42(23-29-47)53(57)64-50-30-17-39-15-16-43(37-44(39)38-50)54(58)63-49-33-31-48(32-34-49)62-52(56)41-20-26-46(27-21-41)60-36-14-12-10-8-6-4-2/h15-34,37-38H,3-14,35-36H2,1-2H3. The highest BCUT2D eigenvalue weighted by Crippen LogP contribution is 2.26. The van der Waals surface area contributed by atoms with Crippen LogP contribution in [0.2, 0.25) is 0 Å². The summed E-state index contributed by atoms with van der Waals surface area (Å²) >= 11 is 0. The van der Waals surface area contributed by atoms with E-state index in [0.29, 0.717) is 47.0 Å². The molecule has 0 saturated heterocycles. The molecule has 10 nitrogen and oxygen atoms in total. The summed E-state index contributed by atoms with van der Waals surface area (Å²) in [6.45, 7) is 5.68. The van der Waals surface area contributed by atoms with Crippen LogP contribution in [0.15, 0.2) is 133 Å². The van der Waals surface area contributed by atoms with Crippen molar-refractivity contribution in [2.45, 2.75) is 90.9 Å². The summed E-state index contributed by atoms with van der Waals surface area (Å²) in [4.78, 5) is 51.7. The van der Waals surface area contributed by atoms with Crippen molar-refractivity contribution < 1.29 is 47.6 Å². The van der Waals surface area contributed by atoms with Gasteiger partial charge in [0, 0.05) is 0 Å². The molecule has 6 rings (SSSR count). The zero-order chi connectivity index (χ0) is 44.9. The van der Waals surface area contributed by atoms with Crippen LogP contribution in [0.1, 0.15) is 132 Å². The van der Waals surface area contributed by atoms with E-state index in [1.54, 1.807) is 109 Å². The molecular weight excluding hydrogens is 809 g/mol. The lowest BCUT2D eigenvalue weighted by atomic mass is 10.1. The summed E-state index contributed by atoms with van der Waals surface area (Å²) in [5, 5.41) is 1.47. The van der Waals surface area contributed by atoms with Gasteiger partial charge < -0.3 is 28.4 Å². The minimum atomic E-state index is -0.611. The van der Waals surface area contributed by atoms with E-state index in [0.717, 1.165) is 31.1 Å². The summed E-state index contributed by atoms with van der Waals surface area (Å²) in [6, 6.07) is 36.1. The lowest BCUT2D eigenvalue weighted by Crippen LogP contribution is -2.10. The van der Waals surface area contributed by atoms with Gasteiger partial charge in [-0.05, 0) is 145 Å². The lowest BCUT2D eigenvalue weighted by Gasteiger charge is -2.09. The molecule has 0 aliphatic heterocycles. The monoisotopic (exact) mass is 864 g/mol. The number of fused-ring (bicyclic) bond motifs is 1. The molecule has 0 aromatic heterocycles. The van der Waals surface area contributed by atoms with E-state index in [1.165, 1.54) is 75.6 Å². The van der Waals surface area contributed by atoms with E-state index in [4.69, 9.17) is 28.4 Å². The highest BCUT2D eigenvalue weighted by atomic mass is 16.5. The van der Waals surface area contributed by atoms with Gasteiger partial charge in [0.1, 0.15) is 34.5 Å². The number of rotatable bonds is 24. The van der Waals surface area contributed by atoms with E-state index in [2.05, 4.69) is 13.8 Å². The van der Waals surface area contributed by atoms with Crippen molar-refractivity contribution >= 4 is 34.6 Å². The molecule has 10 heteroatoms. The first-order valence-electron chi connectivity index (χ1n) is 22.4. The smallest absolute Gasteiger partial charge is 0.343 e. The predicted octanol–water partition coefficient (Wildman–Crippen LogP) is 13.2. The maximum atomic E-state index is 13.1. The number of benzene rings is 6. The first kappa shape index (κ1) is 46.6. The summed E-state index contributed by atoms with van der Waals surface area (Å²) in [5.74, 6) is 0.245. The maximum Gasteiger partial charge on any atom is 0.343 e. The Balaban J connectivity index is 0.947. The van der Waals surface area contributed by atoms with Crippen LogP contribution >= 0.6 is 0 Å². The fourth-order valence-corrected chi connectivity index (χ4v) is 6.83. The fourth-order valence-electron chi connectivity index (χ4n) is 6.83. The first-order chi connectivity index (χ1) is 31.3. The van der Waals surface area contributed by atoms with E-state index in [1.807, 2.05) is 0 Å². The number of hydrogen-bond donors (Lipinski definition) is 0. The second-order valence-electron chi connectivity index (χ2n) is 15.6. The van der Waals surface area contributed by atoms with Gasteiger partial charge in [0.15, 0.2) is 0 Å². The third kappa shape index (κ3) is 14.6. The molecule has 0 amide bonds. The molecule has 0 saturated carbocycles. The highest BCUT2D eigenvalue weighted by molar-refractivity contribution is 5.98.